The van der Waals surface area contributed by atoms with E-state index in [-0.39, 0.29) is 23.7 Å². The number of aromatic nitrogens is 2. The molecule has 194 valence electrons. The number of nitrogens with zero attached hydrogens (tertiary/aromatic N) is 2. The van der Waals surface area contributed by atoms with Crippen LogP contribution in [0.2, 0.25) is 0 Å². The van der Waals surface area contributed by atoms with Gasteiger partial charge in [0.15, 0.2) is 0 Å². The zero-order chi connectivity index (χ0) is 26.5. The molecule has 0 bridgehead atoms. The number of carbonyl (C=O) groups excluding carboxylic acids is 3. The summed E-state index contributed by atoms with van der Waals surface area (Å²) in [5.41, 5.74) is 4.77. The number of likely N-dealkylation sites (tertiary alicyclic amines) is 1. The van der Waals surface area contributed by atoms with Crippen molar-refractivity contribution in [2.75, 3.05) is 25.5 Å². The van der Waals surface area contributed by atoms with E-state index in [0.717, 1.165) is 28.2 Å². The third-order valence-corrected chi connectivity index (χ3v) is 6.63. The number of rotatable bonds is 7. The van der Waals surface area contributed by atoms with Crippen molar-refractivity contribution in [1.82, 2.24) is 20.2 Å². The molecule has 1 fully saturated rings. The number of amides is 3. The highest BCUT2D eigenvalue weighted by molar-refractivity contribution is 5.94. The van der Waals surface area contributed by atoms with Crippen molar-refractivity contribution in [2.24, 2.45) is 11.8 Å². The summed E-state index contributed by atoms with van der Waals surface area (Å²) < 4.78 is 4.64. The Morgan fingerprint density at radius 2 is 1.65 bits per heavy atom. The molecule has 2 atom stereocenters. The lowest BCUT2D eigenvalue weighted by atomic mass is 10.0. The van der Waals surface area contributed by atoms with Crippen LogP contribution in [0.5, 0.6) is 0 Å². The standard InChI is InChI=1S/C28H33N5O4/c1-17(2)25(32-28(36)37-4)27(35)33-14-13-22(16-33)26(34)31-23-11-9-20(10-12-23)19-5-7-21(8-6-19)24-15-29-18(3)30-24/h5-12,15,17,22,25H,13-14,16H2,1-4H3,(H,29,30)(H,31,34)(H,32,36)/t22-,25-/m0/s1. The zero-order valence-electron chi connectivity index (χ0n) is 21.6. The number of ether oxygens (including phenoxy) is 1. The minimum Gasteiger partial charge on any atom is -0.453 e. The van der Waals surface area contributed by atoms with Crippen molar-refractivity contribution in [2.45, 2.75) is 33.2 Å². The lowest BCUT2D eigenvalue weighted by Crippen LogP contribution is -2.50. The molecule has 0 aliphatic carbocycles. The van der Waals surface area contributed by atoms with Gasteiger partial charge in [-0.1, -0.05) is 50.2 Å². The number of hydrogen-bond donors (Lipinski definition) is 3. The van der Waals surface area contributed by atoms with Crippen molar-refractivity contribution < 1.29 is 19.1 Å². The molecule has 2 heterocycles. The molecule has 0 unspecified atom stereocenters. The largest absolute Gasteiger partial charge is 0.453 e. The average Bonchev–Trinajstić information content (AvgIpc) is 3.57. The van der Waals surface area contributed by atoms with Crippen molar-refractivity contribution >= 4 is 23.6 Å². The Hall–Kier alpha value is -4.14. The van der Waals surface area contributed by atoms with Crippen LogP contribution >= 0.6 is 0 Å². The molecule has 3 aromatic rings. The molecule has 1 aliphatic rings. The van der Waals surface area contributed by atoms with Gasteiger partial charge in [0.05, 0.1) is 18.7 Å². The Labute approximate surface area is 216 Å². The predicted octanol–water partition coefficient (Wildman–Crippen LogP) is 4.22. The summed E-state index contributed by atoms with van der Waals surface area (Å²) >= 11 is 0. The third kappa shape index (κ3) is 6.17. The molecule has 3 N–H and O–H groups in total. The third-order valence-electron chi connectivity index (χ3n) is 6.63. The van der Waals surface area contributed by atoms with Crippen molar-refractivity contribution in [3.8, 4) is 22.4 Å². The highest BCUT2D eigenvalue weighted by Crippen LogP contribution is 2.26. The molecule has 37 heavy (non-hydrogen) atoms. The number of carbonyl (C=O) groups is 3. The average molecular weight is 504 g/mol. The molecule has 4 rings (SSSR count). The van der Waals surface area contributed by atoms with E-state index in [4.69, 9.17) is 0 Å². The first-order valence-corrected chi connectivity index (χ1v) is 12.4. The van der Waals surface area contributed by atoms with Gasteiger partial charge in [-0.15, -0.1) is 0 Å². The molecule has 2 aromatic carbocycles. The highest BCUT2D eigenvalue weighted by Gasteiger charge is 2.36. The van der Waals surface area contributed by atoms with Gasteiger partial charge in [0.2, 0.25) is 11.8 Å². The molecule has 9 heteroatoms. The fraction of sp³-hybridized carbons (Fsp3) is 0.357. The number of methoxy groups -OCH3 is 1. The Morgan fingerprint density at radius 1 is 1.03 bits per heavy atom. The first kappa shape index (κ1) is 25.9. The number of nitrogens with one attached hydrogen (secondary N) is 3. The van der Waals surface area contributed by atoms with E-state index >= 15 is 0 Å². The Bertz CT molecular complexity index is 1250. The monoisotopic (exact) mass is 503 g/mol. The first-order valence-electron chi connectivity index (χ1n) is 12.4. The summed E-state index contributed by atoms with van der Waals surface area (Å²) in [6, 6.07) is 15.2. The Kier molecular flexibility index (Phi) is 7.91. The molecular weight excluding hydrogens is 470 g/mol. The van der Waals surface area contributed by atoms with Crippen molar-refractivity contribution in [1.29, 1.82) is 0 Å². The quantitative estimate of drug-likeness (QED) is 0.446. The van der Waals surface area contributed by atoms with Gasteiger partial charge in [-0.05, 0) is 42.5 Å². The van der Waals surface area contributed by atoms with E-state index < -0.39 is 12.1 Å². The normalized spacial score (nSPS) is 15.9. The number of H-pyrrole nitrogens is 1. The van der Waals surface area contributed by atoms with E-state index in [1.807, 2.05) is 63.4 Å². The summed E-state index contributed by atoms with van der Waals surface area (Å²) in [4.78, 5) is 46.7. The van der Waals surface area contributed by atoms with Crippen LogP contribution in [-0.2, 0) is 14.3 Å². The van der Waals surface area contributed by atoms with Crippen molar-refractivity contribution in [3.05, 3.63) is 60.6 Å². The maximum Gasteiger partial charge on any atom is 0.407 e. The van der Waals surface area contributed by atoms with Gasteiger partial charge in [0, 0.05) is 30.5 Å². The highest BCUT2D eigenvalue weighted by atomic mass is 16.5. The maximum absolute atomic E-state index is 13.0. The number of hydrogen-bond acceptors (Lipinski definition) is 5. The molecule has 9 nitrogen and oxygen atoms in total. The first-order chi connectivity index (χ1) is 17.7. The minimum absolute atomic E-state index is 0.108. The second-order valence-electron chi connectivity index (χ2n) is 9.64. The summed E-state index contributed by atoms with van der Waals surface area (Å²) in [7, 11) is 1.26. The van der Waals surface area contributed by atoms with E-state index in [2.05, 4.69) is 37.5 Å². The second-order valence-corrected chi connectivity index (χ2v) is 9.64. The molecule has 1 saturated heterocycles. The minimum atomic E-state index is -0.695. The number of anilines is 1. The van der Waals surface area contributed by atoms with Crippen LogP contribution in [0.4, 0.5) is 10.5 Å². The topological polar surface area (TPSA) is 116 Å². The molecular formula is C28H33N5O4. The molecule has 0 spiro atoms. The SMILES string of the molecule is COC(=O)N[C@H](C(=O)N1CC[C@H](C(=O)Nc2ccc(-c3ccc(-c4c[nH]c(C)n4)cc3)cc2)C1)C(C)C. The van der Waals surface area contributed by atoms with Gasteiger partial charge in [0.25, 0.3) is 0 Å². The summed E-state index contributed by atoms with van der Waals surface area (Å²) in [6.07, 6.45) is 1.82. The lowest BCUT2D eigenvalue weighted by molar-refractivity contribution is -0.133. The van der Waals surface area contributed by atoms with Gasteiger partial charge < -0.3 is 25.3 Å². The molecule has 0 saturated carbocycles. The number of aryl methyl sites for hydroxylation is 1. The summed E-state index contributed by atoms with van der Waals surface area (Å²) in [6.45, 7) is 6.42. The van der Waals surface area contributed by atoms with Crippen molar-refractivity contribution in [3.63, 3.8) is 0 Å². The van der Waals surface area contributed by atoms with Gasteiger partial charge in [0.1, 0.15) is 11.9 Å². The summed E-state index contributed by atoms with van der Waals surface area (Å²) in [5.74, 6) is 0.137. The molecule has 1 aromatic heterocycles. The van der Waals surface area contributed by atoms with E-state index in [9.17, 15) is 14.4 Å². The van der Waals surface area contributed by atoms with Crippen LogP contribution in [-0.4, -0.2) is 59.0 Å². The Morgan fingerprint density at radius 3 is 2.22 bits per heavy atom. The van der Waals surface area contributed by atoms with Crippen LogP contribution in [0.15, 0.2) is 54.7 Å². The van der Waals surface area contributed by atoms with Gasteiger partial charge in [-0.3, -0.25) is 9.59 Å². The van der Waals surface area contributed by atoms with Gasteiger partial charge >= 0.3 is 6.09 Å². The summed E-state index contributed by atoms with van der Waals surface area (Å²) in [5, 5.41) is 5.57. The fourth-order valence-corrected chi connectivity index (χ4v) is 4.46. The second kappa shape index (κ2) is 11.3. The molecule has 3 amide bonds. The van der Waals surface area contributed by atoms with Crippen LogP contribution < -0.4 is 10.6 Å². The van der Waals surface area contributed by atoms with Crippen LogP contribution in [0.1, 0.15) is 26.1 Å². The molecule has 0 radical (unpaired) electrons. The molecule has 1 aliphatic heterocycles. The lowest BCUT2D eigenvalue weighted by Gasteiger charge is -2.26. The van der Waals surface area contributed by atoms with Gasteiger partial charge in [-0.2, -0.15) is 0 Å². The predicted molar refractivity (Wildman–Crippen MR) is 142 cm³/mol. The van der Waals surface area contributed by atoms with Crippen LogP contribution in [0, 0.1) is 18.8 Å². The van der Waals surface area contributed by atoms with E-state index in [0.29, 0.717) is 25.2 Å². The van der Waals surface area contributed by atoms with E-state index in [1.165, 1.54) is 7.11 Å². The number of aromatic amines is 1. The van der Waals surface area contributed by atoms with Crippen LogP contribution in [0.3, 0.4) is 0 Å². The van der Waals surface area contributed by atoms with E-state index in [1.54, 1.807) is 4.90 Å². The zero-order valence-corrected chi connectivity index (χ0v) is 21.6. The number of alkyl carbamates (subject to hydrolysis) is 1. The smallest absolute Gasteiger partial charge is 0.407 e. The van der Waals surface area contributed by atoms with Gasteiger partial charge in [-0.25, -0.2) is 9.78 Å². The number of benzene rings is 2. The van der Waals surface area contributed by atoms with Crippen LogP contribution in [0.25, 0.3) is 22.4 Å². The Balaban J connectivity index is 1.33. The number of imidazole rings is 1. The fourth-order valence-electron chi connectivity index (χ4n) is 4.46. The maximum atomic E-state index is 13.0.